The van der Waals surface area contributed by atoms with Gasteiger partial charge in [-0.3, -0.25) is 14.9 Å². The summed E-state index contributed by atoms with van der Waals surface area (Å²) in [6.07, 6.45) is 0.553. The van der Waals surface area contributed by atoms with Gasteiger partial charge in [0.2, 0.25) is 0 Å². The molecule has 114 valence electrons. The van der Waals surface area contributed by atoms with Crippen LogP contribution in [0.5, 0.6) is 11.5 Å². The SMILES string of the molecule is Cc1cccc(OCCOc2ccc(C=O)cc2[N+](=O)[O-])c1. The first-order valence-electron chi connectivity index (χ1n) is 6.66. The van der Waals surface area contributed by atoms with Gasteiger partial charge in [-0.05, 0) is 36.8 Å². The molecular formula is C16H15NO5. The lowest BCUT2D eigenvalue weighted by molar-refractivity contribution is -0.385. The number of rotatable bonds is 7. The van der Waals surface area contributed by atoms with E-state index in [-0.39, 0.29) is 30.2 Å². The summed E-state index contributed by atoms with van der Waals surface area (Å²) in [5.41, 5.74) is 1.08. The van der Waals surface area contributed by atoms with Crippen LogP contribution in [0.1, 0.15) is 15.9 Å². The summed E-state index contributed by atoms with van der Waals surface area (Å²) in [6.45, 7) is 2.38. The third-order valence-corrected chi connectivity index (χ3v) is 2.91. The molecule has 0 fully saturated rings. The van der Waals surface area contributed by atoms with Crippen molar-refractivity contribution in [3.05, 3.63) is 63.7 Å². The number of nitro groups is 1. The van der Waals surface area contributed by atoms with Crippen molar-refractivity contribution in [3.8, 4) is 11.5 Å². The summed E-state index contributed by atoms with van der Waals surface area (Å²) >= 11 is 0. The molecule has 0 aliphatic carbocycles. The molecule has 0 saturated carbocycles. The molecule has 2 aromatic carbocycles. The molecule has 0 aromatic heterocycles. The zero-order chi connectivity index (χ0) is 15.9. The fourth-order valence-electron chi connectivity index (χ4n) is 1.89. The van der Waals surface area contributed by atoms with Crippen LogP contribution in [0.15, 0.2) is 42.5 Å². The number of aldehydes is 1. The largest absolute Gasteiger partial charge is 0.490 e. The van der Waals surface area contributed by atoms with E-state index in [1.165, 1.54) is 18.2 Å². The lowest BCUT2D eigenvalue weighted by Crippen LogP contribution is -2.10. The van der Waals surface area contributed by atoms with Gasteiger partial charge in [0.15, 0.2) is 5.75 Å². The molecule has 0 spiro atoms. The van der Waals surface area contributed by atoms with Gasteiger partial charge in [0.1, 0.15) is 25.2 Å². The van der Waals surface area contributed by atoms with Gasteiger partial charge < -0.3 is 9.47 Å². The topological polar surface area (TPSA) is 78.7 Å². The Hall–Kier alpha value is -2.89. The fourth-order valence-corrected chi connectivity index (χ4v) is 1.89. The number of carbonyl (C=O) groups excluding carboxylic acids is 1. The molecule has 0 bridgehead atoms. The molecule has 2 rings (SSSR count). The van der Waals surface area contributed by atoms with Crippen LogP contribution < -0.4 is 9.47 Å². The Morgan fingerprint density at radius 1 is 1.14 bits per heavy atom. The molecule has 0 N–H and O–H groups in total. The van der Waals surface area contributed by atoms with Crippen molar-refractivity contribution in [1.82, 2.24) is 0 Å². The van der Waals surface area contributed by atoms with Gasteiger partial charge in [0, 0.05) is 11.6 Å². The molecule has 0 radical (unpaired) electrons. The number of benzene rings is 2. The van der Waals surface area contributed by atoms with Gasteiger partial charge in [-0.1, -0.05) is 12.1 Å². The van der Waals surface area contributed by atoms with Gasteiger partial charge in [-0.25, -0.2) is 0 Å². The second-order valence-electron chi connectivity index (χ2n) is 4.62. The summed E-state index contributed by atoms with van der Waals surface area (Å²) in [7, 11) is 0. The summed E-state index contributed by atoms with van der Waals surface area (Å²) in [5.74, 6) is 0.831. The lowest BCUT2D eigenvalue weighted by Gasteiger charge is -2.09. The summed E-state index contributed by atoms with van der Waals surface area (Å²) in [6, 6.07) is 11.6. The Morgan fingerprint density at radius 2 is 1.91 bits per heavy atom. The number of nitrogens with zero attached hydrogens (tertiary/aromatic N) is 1. The summed E-state index contributed by atoms with van der Waals surface area (Å²) in [4.78, 5) is 21.0. The highest BCUT2D eigenvalue weighted by atomic mass is 16.6. The molecular weight excluding hydrogens is 286 g/mol. The Morgan fingerprint density at radius 3 is 2.59 bits per heavy atom. The monoisotopic (exact) mass is 301 g/mol. The van der Waals surface area contributed by atoms with Gasteiger partial charge >= 0.3 is 5.69 Å². The van der Waals surface area contributed by atoms with E-state index in [2.05, 4.69) is 0 Å². The molecule has 0 atom stereocenters. The predicted octanol–water partition coefficient (Wildman–Crippen LogP) is 3.17. The molecule has 0 saturated heterocycles. The maximum Gasteiger partial charge on any atom is 0.311 e. The lowest BCUT2D eigenvalue weighted by atomic mass is 10.2. The highest BCUT2D eigenvalue weighted by Crippen LogP contribution is 2.27. The minimum atomic E-state index is -0.580. The summed E-state index contributed by atoms with van der Waals surface area (Å²) in [5, 5.41) is 11.0. The van der Waals surface area contributed by atoms with E-state index in [1.807, 2.05) is 31.2 Å². The Bertz CT molecular complexity index is 684. The number of ether oxygens (including phenoxy) is 2. The maximum atomic E-state index is 11.0. The van der Waals surface area contributed by atoms with Crippen LogP contribution >= 0.6 is 0 Å². The van der Waals surface area contributed by atoms with Crippen LogP contribution in [-0.2, 0) is 0 Å². The van der Waals surface area contributed by atoms with Crippen LogP contribution in [0.4, 0.5) is 5.69 Å². The highest BCUT2D eigenvalue weighted by Gasteiger charge is 2.15. The minimum absolute atomic E-state index is 0.114. The normalized spacial score (nSPS) is 10.0. The fraction of sp³-hybridized carbons (Fsp3) is 0.188. The maximum absolute atomic E-state index is 11.0. The van der Waals surface area contributed by atoms with E-state index in [0.717, 1.165) is 11.3 Å². The van der Waals surface area contributed by atoms with Crippen molar-refractivity contribution in [3.63, 3.8) is 0 Å². The van der Waals surface area contributed by atoms with E-state index in [4.69, 9.17) is 9.47 Å². The van der Waals surface area contributed by atoms with Crippen LogP contribution in [0.2, 0.25) is 0 Å². The first-order chi connectivity index (χ1) is 10.6. The molecule has 2 aromatic rings. The van der Waals surface area contributed by atoms with Crippen LogP contribution in [0, 0.1) is 17.0 Å². The number of hydrogen-bond donors (Lipinski definition) is 0. The number of nitro benzene ring substituents is 1. The molecule has 0 aliphatic rings. The third kappa shape index (κ3) is 4.05. The van der Waals surface area contributed by atoms with E-state index < -0.39 is 4.92 Å². The standard InChI is InChI=1S/C16H15NO5/c1-12-3-2-4-14(9-12)21-7-8-22-16-6-5-13(11-18)10-15(16)17(19)20/h2-6,9-11H,7-8H2,1H3. The number of hydrogen-bond acceptors (Lipinski definition) is 5. The second-order valence-corrected chi connectivity index (χ2v) is 4.62. The average molecular weight is 301 g/mol. The average Bonchev–Trinajstić information content (AvgIpc) is 2.51. The van der Waals surface area contributed by atoms with Gasteiger partial charge in [-0.2, -0.15) is 0 Å². The van der Waals surface area contributed by atoms with Crippen molar-refractivity contribution in [2.24, 2.45) is 0 Å². The summed E-state index contributed by atoms with van der Waals surface area (Å²) < 4.78 is 10.9. The van der Waals surface area contributed by atoms with Gasteiger partial charge in [0.25, 0.3) is 0 Å². The zero-order valence-corrected chi connectivity index (χ0v) is 12.0. The van der Waals surface area contributed by atoms with Crippen LogP contribution in [-0.4, -0.2) is 24.4 Å². The van der Waals surface area contributed by atoms with Crippen molar-refractivity contribution >= 4 is 12.0 Å². The molecule has 0 aliphatic heterocycles. The molecule has 0 amide bonds. The number of aryl methyl sites for hydroxylation is 1. The van der Waals surface area contributed by atoms with Crippen LogP contribution in [0.3, 0.4) is 0 Å². The Kier molecular flexibility index (Phi) is 5.08. The smallest absolute Gasteiger partial charge is 0.311 e. The van der Waals surface area contributed by atoms with Crippen molar-refractivity contribution < 1.29 is 19.2 Å². The van der Waals surface area contributed by atoms with E-state index in [1.54, 1.807) is 0 Å². The highest BCUT2D eigenvalue weighted by molar-refractivity contribution is 5.77. The predicted molar refractivity (Wildman–Crippen MR) is 80.7 cm³/mol. The van der Waals surface area contributed by atoms with Crippen molar-refractivity contribution in [1.29, 1.82) is 0 Å². The zero-order valence-electron chi connectivity index (χ0n) is 12.0. The second kappa shape index (κ2) is 7.21. The molecule has 0 unspecified atom stereocenters. The Balaban J connectivity index is 1.94. The molecule has 6 heteroatoms. The van der Waals surface area contributed by atoms with Crippen LogP contribution in [0.25, 0.3) is 0 Å². The van der Waals surface area contributed by atoms with Gasteiger partial charge in [0.05, 0.1) is 4.92 Å². The van der Waals surface area contributed by atoms with E-state index in [9.17, 15) is 14.9 Å². The van der Waals surface area contributed by atoms with Crippen molar-refractivity contribution in [2.45, 2.75) is 6.92 Å². The quantitative estimate of drug-likeness (QED) is 0.340. The molecule has 22 heavy (non-hydrogen) atoms. The van der Waals surface area contributed by atoms with Gasteiger partial charge in [-0.15, -0.1) is 0 Å². The third-order valence-electron chi connectivity index (χ3n) is 2.91. The Labute approximate surface area is 127 Å². The number of carbonyl (C=O) groups is 1. The first kappa shape index (κ1) is 15.5. The van der Waals surface area contributed by atoms with E-state index >= 15 is 0 Å². The first-order valence-corrected chi connectivity index (χ1v) is 6.66. The minimum Gasteiger partial charge on any atom is -0.490 e. The van der Waals surface area contributed by atoms with E-state index in [0.29, 0.717) is 6.29 Å². The molecule has 0 heterocycles. The van der Waals surface area contributed by atoms with Crippen molar-refractivity contribution in [2.75, 3.05) is 13.2 Å². The molecule has 6 nitrogen and oxygen atoms in total.